The minimum atomic E-state index is 0.127. The molecular formula is C48H44N2O2. The first kappa shape index (κ1) is 30.6. The van der Waals surface area contributed by atoms with Gasteiger partial charge in [0.15, 0.2) is 0 Å². The van der Waals surface area contributed by atoms with E-state index in [1.54, 1.807) is 0 Å². The highest BCUT2D eigenvalue weighted by Gasteiger charge is 2.50. The van der Waals surface area contributed by atoms with E-state index in [1.807, 2.05) is 0 Å². The van der Waals surface area contributed by atoms with Gasteiger partial charge in [-0.25, -0.2) is 0 Å². The van der Waals surface area contributed by atoms with E-state index in [0.717, 1.165) is 30.6 Å². The summed E-state index contributed by atoms with van der Waals surface area (Å²) in [6.45, 7) is 0. The predicted octanol–water partition coefficient (Wildman–Crippen LogP) is 11.5. The molecule has 2 fully saturated rings. The highest BCUT2D eigenvalue weighted by molar-refractivity contribution is 6.00. The molecule has 5 aromatic rings. The van der Waals surface area contributed by atoms with Crippen molar-refractivity contribution in [2.45, 2.75) is 75.2 Å². The maximum Gasteiger partial charge on any atom is 0.137 e. The van der Waals surface area contributed by atoms with Crippen molar-refractivity contribution in [3.05, 3.63) is 156 Å². The van der Waals surface area contributed by atoms with Crippen LogP contribution in [0.3, 0.4) is 0 Å². The predicted molar refractivity (Wildman–Crippen MR) is 212 cm³/mol. The highest BCUT2D eigenvalue weighted by atomic mass is 16.5. The van der Waals surface area contributed by atoms with Crippen LogP contribution >= 0.6 is 0 Å². The number of aryl methyl sites for hydroxylation is 1. The van der Waals surface area contributed by atoms with Crippen molar-refractivity contribution >= 4 is 34.1 Å². The molecule has 4 aromatic carbocycles. The first-order chi connectivity index (χ1) is 25.8. The number of rotatable bonds is 5. The Balaban J connectivity index is 1.07. The number of ether oxygens (including phenoxy) is 1. The number of anilines is 3. The quantitative estimate of drug-likeness (QED) is 0.173. The molecule has 0 N–H and O–H groups in total. The van der Waals surface area contributed by atoms with E-state index in [9.17, 15) is 0 Å². The largest absolute Gasteiger partial charge is 0.460 e. The van der Waals surface area contributed by atoms with Crippen molar-refractivity contribution in [1.29, 1.82) is 0 Å². The molecule has 7 atom stereocenters. The molecule has 52 heavy (non-hydrogen) atoms. The summed E-state index contributed by atoms with van der Waals surface area (Å²) in [6.07, 6.45) is 25.2. The lowest BCUT2D eigenvalue weighted by molar-refractivity contribution is 0.0373. The number of allylic oxidation sites excluding steroid dienone is 3. The standard InChI is InChI=1S/C48H44N2O2/c1-3-13-31(14-4-1)32-25-27-39-37(29-32)38-30-34(26-28-40(38)49(39)33-15-5-2-6-16-33)50(41-19-11-23-45-47(41)35-17-7-9-21-43(35)51-45)42-20-12-24-46-48(42)36-18-8-10-22-44(36)52-46/h1-7,11-17,19-20,23-29,34,36,38,40,44,46,48H,8-10,18,21-22,30H2. The summed E-state index contributed by atoms with van der Waals surface area (Å²) in [4.78, 5) is 5.32. The number of fused-ring (bicyclic) bond motifs is 9. The third-order valence-electron chi connectivity index (χ3n) is 12.9. The van der Waals surface area contributed by atoms with E-state index in [1.165, 1.54) is 76.1 Å². The molecule has 258 valence electrons. The number of hydrogen-bond donors (Lipinski definition) is 0. The van der Waals surface area contributed by atoms with Crippen molar-refractivity contribution in [1.82, 2.24) is 0 Å². The molecule has 0 radical (unpaired) electrons. The number of para-hydroxylation sites is 1. The van der Waals surface area contributed by atoms with Gasteiger partial charge in [0, 0.05) is 40.9 Å². The van der Waals surface area contributed by atoms with Crippen LogP contribution in [-0.2, 0) is 11.2 Å². The van der Waals surface area contributed by atoms with E-state index in [4.69, 9.17) is 9.15 Å². The average Bonchev–Trinajstić information content (AvgIpc) is 3.88. The molecular weight excluding hydrogens is 637 g/mol. The first-order valence-corrected chi connectivity index (χ1v) is 19.6. The Morgan fingerprint density at radius 2 is 1.65 bits per heavy atom. The average molecular weight is 681 g/mol. The Hall–Kier alpha value is -5.06. The topological polar surface area (TPSA) is 28.9 Å². The summed E-state index contributed by atoms with van der Waals surface area (Å²) in [5, 5.41) is 1.25. The summed E-state index contributed by atoms with van der Waals surface area (Å²) in [6, 6.07) is 36.1. The molecule has 4 nitrogen and oxygen atoms in total. The molecule has 1 aromatic heterocycles. The van der Waals surface area contributed by atoms with Gasteiger partial charge in [-0.05, 0) is 90.8 Å². The van der Waals surface area contributed by atoms with Gasteiger partial charge in [0.1, 0.15) is 11.3 Å². The zero-order chi connectivity index (χ0) is 34.2. The van der Waals surface area contributed by atoms with E-state index in [-0.39, 0.29) is 18.2 Å². The lowest BCUT2D eigenvalue weighted by atomic mass is 9.74. The van der Waals surface area contributed by atoms with Crippen molar-refractivity contribution in [3.8, 4) is 11.1 Å². The maximum atomic E-state index is 6.86. The fraction of sp³-hybridized carbons (Fsp3) is 0.292. The zero-order valence-electron chi connectivity index (χ0n) is 29.5. The summed E-state index contributed by atoms with van der Waals surface area (Å²) in [7, 11) is 0. The normalized spacial score (nSPS) is 28.2. The van der Waals surface area contributed by atoms with Crippen LogP contribution in [0.25, 0.3) is 28.2 Å². The van der Waals surface area contributed by atoms with E-state index in [0.29, 0.717) is 23.9 Å². The second-order valence-electron chi connectivity index (χ2n) is 15.6. The summed E-state index contributed by atoms with van der Waals surface area (Å²) < 4.78 is 13.5. The van der Waals surface area contributed by atoms with Gasteiger partial charge in [0.2, 0.25) is 0 Å². The molecule has 4 aliphatic carbocycles. The number of nitrogens with zero attached hydrogens (tertiary/aromatic N) is 2. The van der Waals surface area contributed by atoms with Crippen LogP contribution in [0.1, 0.15) is 61.3 Å². The second-order valence-corrected chi connectivity index (χ2v) is 15.6. The summed E-state index contributed by atoms with van der Waals surface area (Å²) in [5.41, 5.74) is 11.5. The fourth-order valence-corrected chi connectivity index (χ4v) is 10.7. The van der Waals surface area contributed by atoms with E-state index in [2.05, 4.69) is 149 Å². The molecule has 2 aliphatic heterocycles. The smallest absolute Gasteiger partial charge is 0.137 e. The van der Waals surface area contributed by atoms with E-state index >= 15 is 0 Å². The molecule has 0 spiro atoms. The van der Waals surface area contributed by atoms with Gasteiger partial charge in [-0.2, -0.15) is 0 Å². The van der Waals surface area contributed by atoms with Crippen LogP contribution in [0, 0.1) is 11.8 Å². The Morgan fingerprint density at radius 1 is 0.788 bits per heavy atom. The Morgan fingerprint density at radius 3 is 2.56 bits per heavy atom. The van der Waals surface area contributed by atoms with Crippen LogP contribution in [0.5, 0.6) is 0 Å². The highest BCUT2D eigenvalue weighted by Crippen LogP contribution is 2.54. The summed E-state index contributed by atoms with van der Waals surface area (Å²) in [5.74, 6) is 2.33. The Kier molecular flexibility index (Phi) is 7.21. The van der Waals surface area contributed by atoms with Crippen molar-refractivity contribution in [2.24, 2.45) is 11.8 Å². The molecule has 1 saturated heterocycles. The van der Waals surface area contributed by atoms with Gasteiger partial charge in [-0.3, -0.25) is 0 Å². The van der Waals surface area contributed by atoms with Crippen LogP contribution < -0.4 is 9.80 Å². The van der Waals surface area contributed by atoms with Crippen molar-refractivity contribution in [2.75, 3.05) is 9.80 Å². The summed E-state index contributed by atoms with van der Waals surface area (Å²) >= 11 is 0. The van der Waals surface area contributed by atoms with E-state index < -0.39 is 0 Å². The lowest BCUT2D eigenvalue weighted by Crippen LogP contribution is -2.44. The lowest BCUT2D eigenvalue weighted by Gasteiger charge is -2.43. The monoisotopic (exact) mass is 680 g/mol. The van der Waals surface area contributed by atoms with Crippen LogP contribution in [0.4, 0.5) is 17.1 Å². The third kappa shape index (κ3) is 4.77. The Labute approximate surface area is 306 Å². The minimum absolute atomic E-state index is 0.127. The molecule has 7 unspecified atom stereocenters. The van der Waals surface area contributed by atoms with Gasteiger partial charge >= 0.3 is 0 Å². The van der Waals surface area contributed by atoms with Gasteiger partial charge in [0.05, 0.1) is 35.4 Å². The first-order valence-electron chi connectivity index (χ1n) is 19.6. The molecule has 3 heterocycles. The number of hydrogen-bond acceptors (Lipinski definition) is 4. The molecule has 1 saturated carbocycles. The van der Waals surface area contributed by atoms with Crippen LogP contribution in [0.15, 0.2) is 144 Å². The molecule has 4 heteroatoms. The molecule has 6 aliphatic rings. The molecule has 0 amide bonds. The zero-order valence-corrected chi connectivity index (χ0v) is 29.5. The van der Waals surface area contributed by atoms with Crippen LogP contribution in [0.2, 0.25) is 0 Å². The second kappa shape index (κ2) is 12.3. The van der Waals surface area contributed by atoms with Gasteiger partial charge < -0.3 is 19.0 Å². The maximum absolute atomic E-state index is 6.86. The molecule has 0 bridgehead atoms. The van der Waals surface area contributed by atoms with Crippen LogP contribution in [-0.4, -0.2) is 24.3 Å². The fourth-order valence-electron chi connectivity index (χ4n) is 10.7. The minimum Gasteiger partial charge on any atom is -0.460 e. The Bertz CT molecular complexity index is 2280. The molecule has 11 rings (SSSR count). The van der Waals surface area contributed by atoms with Crippen molar-refractivity contribution in [3.63, 3.8) is 0 Å². The third-order valence-corrected chi connectivity index (χ3v) is 12.9. The number of benzene rings is 4. The van der Waals surface area contributed by atoms with Gasteiger partial charge in [-0.1, -0.05) is 110 Å². The van der Waals surface area contributed by atoms with Gasteiger partial charge in [-0.15, -0.1) is 0 Å². The number of furan rings is 1. The SMILES string of the molecule is C1=CC2OC3CCCCC3C2C(N(c2cccc3oc4c(c23)C=CCC4)C2C=CC3C(C2)c2cc(-c4ccccc4)ccc2N3c2ccccc2)=C1. The van der Waals surface area contributed by atoms with Gasteiger partial charge in [0.25, 0.3) is 0 Å². The van der Waals surface area contributed by atoms with Crippen molar-refractivity contribution < 1.29 is 9.15 Å².